The average Bonchev–Trinajstić information content (AvgIpc) is 3.34. The monoisotopic (exact) mass is 380 g/mol. The molecule has 3 heterocycles. The molecule has 1 aromatic carbocycles. The second kappa shape index (κ2) is 7.50. The van der Waals surface area contributed by atoms with Crippen LogP contribution in [0.1, 0.15) is 53.7 Å². The number of amides is 1. The van der Waals surface area contributed by atoms with Gasteiger partial charge in [0.25, 0.3) is 5.91 Å². The van der Waals surface area contributed by atoms with Gasteiger partial charge in [-0.2, -0.15) is 5.10 Å². The molecule has 28 heavy (non-hydrogen) atoms. The number of aromatic nitrogens is 3. The normalized spacial score (nSPS) is 14.2. The number of carbonyl (C=O) groups is 1. The molecule has 1 aliphatic heterocycles. The van der Waals surface area contributed by atoms with E-state index in [4.69, 9.17) is 9.26 Å². The van der Waals surface area contributed by atoms with Gasteiger partial charge in [-0.15, -0.1) is 0 Å². The second-order valence-corrected chi connectivity index (χ2v) is 7.07. The molecule has 1 amide bonds. The Balaban J connectivity index is 1.48. The molecule has 1 atom stereocenters. The number of fused-ring (bicyclic) bond motifs is 1. The minimum atomic E-state index is -0.291. The summed E-state index contributed by atoms with van der Waals surface area (Å²) in [7, 11) is 0. The Labute approximate surface area is 163 Å². The molecule has 4 rings (SSSR count). The molecule has 3 aromatic rings. The first kappa shape index (κ1) is 18.3. The van der Waals surface area contributed by atoms with Crippen LogP contribution in [0.4, 0.5) is 0 Å². The van der Waals surface area contributed by atoms with E-state index in [0.717, 1.165) is 48.6 Å². The van der Waals surface area contributed by atoms with Crippen molar-refractivity contribution < 1.29 is 14.1 Å². The van der Waals surface area contributed by atoms with Crippen molar-refractivity contribution in [1.29, 1.82) is 0 Å². The second-order valence-electron chi connectivity index (χ2n) is 7.07. The van der Waals surface area contributed by atoms with E-state index in [-0.39, 0.29) is 17.7 Å². The van der Waals surface area contributed by atoms with Crippen molar-refractivity contribution in [3.63, 3.8) is 0 Å². The van der Waals surface area contributed by atoms with Gasteiger partial charge >= 0.3 is 0 Å². The van der Waals surface area contributed by atoms with E-state index in [1.54, 1.807) is 6.07 Å². The molecule has 0 saturated carbocycles. The van der Waals surface area contributed by atoms with Crippen LogP contribution < -0.4 is 10.1 Å². The molecule has 2 aromatic heterocycles. The highest BCUT2D eigenvalue weighted by atomic mass is 16.5. The molecule has 0 unspecified atom stereocenters. The Morgan fingerprint density at radius 3 is 3.00 bits per heavy atom. The number of carbonyl (C=O) groups excluding carboxylic acids is 1. The Bertz CT molecular complexity index is 1010. The zero-order valence-corrected chi connectivity index (χ0v) is 16.4. The molecule has 7 heteroatoms. The predicted octanol–water partition coefficient (Wildman–Crippen LogP) is 3.68. The Morgan fingerprint density at radius 1 is 1.36 bits per heavy atom. The lowest BCUT2D eigenvalue weighted by atomic mass is 10.00. The molecule has 7 nitrogen and oxygen atoms in total. The summed E-state index contributed by atoms with van der Waals surface area (Å²) in [5.41, 5.74) is 4.56. The third-order valence-corrected chi connectivity index (χ3v) is 5.06. The van der Waals surface area contributed by atoms with Crippen molar-refractivity contribution in [1.82, 2.24) is 20.3 Å². The van der Waals surface area contributed by atoms with Crippen LogP contribution in [-0.4, -0.2) is 27.5 Å². The maximum Gasteiger partial charge on any atom is 0.290 e. The molecule has 0 aliphatic carbocycles. The van der Waals surface area contributed by atoms with Crippen LogP contribution in [0.15, 0.2) is 35.0 Å². The fraction of sp³-hybridized carbons (Fsp3) is 0.381. The van der Waals surface area contributed by atoms with Crippen molar-refractivity contribution in [3.8, 4) is 17.0 Å². The Morgan fingerprint density at radius 2 is 2.21 bits per heavy atom. The van der Waals surface area contributed by atoms with Crippen LogP contribution in [0.3, 0.4) is 0 Å². The van der Waals surface area contributed by atoms with Crippen LogP contribution in [0.25, 0.3) is 11.3 Å². The zero-order valence-electron chi connectivity index (χ0n) is 16.4. The van der Waals surface area contributed by atoms with E-state index in [1.165, 1.54) is 5.56 Å². The predicted molar refractivity (Wildman–Crippen MR) is 104 cm³/mol. The number of nitrogens with zero attached hydrogens (tertiary/aromatic N) is 3. The van der Waals surface area contributed by atoms with Gasteiger partial charge in [0.2, 0.25) is 5.76 Å². The third-order valence-electron chi connectivity index (χ3n) is 5.06. The molecule has 1 aliphatic rings. The van der Waals surface area contributed by atoms with Crippen LogP contribution >= 0.6 is 0 Å². The molecule has 0 radical (unpaired) electrons. The van der Waals surface area contributed by atoms with Crippen molar-refractivity contribution in [2.24, 2.45) is 0 Å². The number of hydrogen-bond acceptors (Lipinski definition) is 5. The van der Waals surface area contributed by atoms with Gasteiger partial charge in [0, 0.05) is 24.4 Å². The number of benzene rings is 1. The largest absolute Gasteiger partial charge is 0.493 e. The van der Waals surface area contributed by atoms with Gasteiger partial charge in [-0.05, 0) is 50.8 Å². The number of nitrogens with one attached hydrogen (secondary N) is 1. The molecule has 1 N–H and O–H groups in total. The minimum absolute atomic E-state index is 0.155. The van der Waals surface area contributed by atoms with Crippen molar-refractivity contribution in [2.45, 2.75) is 46.2 Å². The highest BCUT2D eigenvalue weighted by molar-refractivity contribution is 5.92. The number of ether oxygens (including phenoxy) is 1. The number of aryl methyl sites for hydroxylation is 3. The lowest BCUT2D eigenvalue weighted by molar-refractivity contribution is 0.0902. The van der Waals surface area contributed by atoms with Crippen LogP contribution in [0, 0.1) is 6.92 Å². The molecule has 0 spiro atoms. The van der Waals surface area contributed by atoms with Gasteiger partial charge in [-0.1, -0.05) is 17.3 Å². The van der Waals surface area contributed by atoms with Gasteiger partial charge in [0.15, 0.2) is 0 Å². The topological polar surface area (TPSA) is 82.2 Å². The van der Waals surface area contributed by atoms with E-state index in [2.05, 4.69) is 21.6 Å². The summed E-state index contributed by atoms with van der Waals surface area (Å²) in [5.74, 6) is 0.837. The first-order chi connectivity index (χ1) is 13.5. The van der Waals surface area contributed by atoms with E-state index in [1.807, 2.05) is 43.8 Å². The van der Waals surface area contributed by atoms with Gasteiger partial charge in [-0.25, -0.2) is 0 Å². The quantitative estimate of drug-likeness (QED) is 0.730. The number of hydrogen-bond donors (Lipinski definition) is 1. The van der Waals surface area contributed by atoms with E-state index in [9.17, 15) is 4.79 Å². The Kier molecular flexibility index (Phi) is 4.90. The molecule has 0 saturated heterocycles. The van der Waals surface area contributed by atoms with E-state index in [0.29, 0.717) is 5.69 Å². The lowest BCUT2D eigenvalue weighted by Crippen LogP contribution is -2.26. The standard InChI is InChI=1S/C21H24N4O3/c1-4-25-12-17(14(3)23-25)18-11-20(28-24-18)21(26)22-13(2)15-7-8-19-16(10-15)6-5-9-27-19/h7-8,10-13H,4-6,9H2,1-3H3,(H,22,26)/t13-/m0/s1. The fourth-order valence-corrected chi connectivity index (χ4v) is 3.44. The van der Waals surface area contributed by atoms with E-state index >= 15 is 0 Å². The maximum absolute atomic E-state index is 12.6. The highest BCUT2D eigenvalue weighted by Crippen LogP contribution is 2.28. The first-order valence-corrected chi connectivity index (χ1v) is 9.62. The van der Waals surface area contributed by atoms with E-state index < -0.39 is 0 Å². The van der Waals surface area contributed by atoms with Crippen LogP contribution in [-0.2, 0) is 13.0 Å². The summed E-state index contributed by atoms with van der Waals surface area (Å²) in [6.45, 7) is 7.43. The van der Waals surface area contributed by atoms with Crippen molar-refractivity contribution in [3.05, 3.63) is 53.0 Å². The summed E-state index contributed by atoms with van der Waals surface area (Å²) < 4.78 is 12.8. The molecule has 146 valence electrons. The third kappa shape index (κ3) is 3.52. The summed E-state index contributed by atoms with van der Waals surface area (Å²) >= 11 is 0. The highest BCUT2D eigenvalue weighted by Gasteiger charge is 2.20. The SMILES string of the molecule is CCn1cc(-c2cc(C(=O)N[C@@H](C)c3ccc4c(c3)CCCO4)on2)c(C)n1. The summed E-state index contributed by atoms with van der Waals surface area (Å²) in [6.07, 6.45) is 3.93. The smallest absolute Gasteiger partial charge is 0.290 e. The average molecular weight is 380 g/mol. The van der Waals surface area contributed by atoms with Crippen molar-refractivity contribution in [2.75, 3.05) is 6.61 Å². The molecule has 0 bridgehead atoms. The van der Waals surface area contributed by atoms with Gasteiger partial charge < -0.3 is 14.6 Å². The molecule has 0 fully saturated rings. The van der Waals surface area contributed by atoms with Crippen LogP contribution in [0.5, 0.6) is 5.75 Å². The van der Waals surface area contributed by atoms with Crippen molar-refractivity contribution >= 4 is 5.91 Å². The zero-order chi connectivity index (χ0) is 19.7. The fourth-order valence-electron chi connectivity index (χ4n) is 3.44. The van der Waals surface area contributed by atoms with Gasteiger partial charge in [0.05, 0.1) is 18.3 Å². The minimum Gasteiger partial charge on any atom is -0.493 e. The van der Waals surface area contributed by atoms with Crippen LogP contribution in [0.2, 0.25) is 0 Å². The Hall–Kier alpha value is -3.09. The van der Waals surface area contributed by atoms with Gasteiger partial charge in [-0.3, -0.25) is 9.48 Å². The van der Waals surface area contributed by atoms with Gasteiger partial charge in [0.1, 0.15) is 11.4 Å². The number of rotatable bonds is 5. The maximum atomic E-state index is 12.6. The molecular weight excluding hydrogens is 356 g/mol. The lowest BCUT2D eigenvalue weighted by Gasteiger charge is -2.20. The summed E-state index contributed by atoms with van der Waals surface area (Å²) in [4.78, 5) is 12.6. The first-order valence-electron chi connectivity index (χ1n) is 9.62. The summed E-state index contributed by atoms with van der Waals surface area (Å²) in [5, 5.41) is 11.4. The molecular formula is C21H24N4O3. The summed E-state index contributed by atoms with van der Waals surface area (Å²) in [6, 6.07) is 7.58.